The highest BCUT2D eigenvalue weighted by Crippen LogP contribution is 2.26. The zero-order chi connectivity index (χ0) is 15.3. The average Bonchev–Trinajstić information content (AvgIpc) is 2.39. The molecule has 0 unspecified atom stereocenters. The minimum absolute atomic E-state index is 0.0676. The lowest BCUT2D eigenvalue weighted by molar-refractivity contribution is -0.383. The Morgan fingerprint density at radius 2 is 1.60 bits per heavy atom. The molecule has 108 valence electrons. The predicted molar refractivity (Wildman–Crippen MR) is 79.4 cm³/mol. The molecule has 0 fully saturated rings. The molecule has 0 bridgehead atoms. The van der Waals surface area contributed by atoms with Crippen LogP contribution >= 0.6 is 0 Å². The summed E-state index contributed by atoms with van der Waals surface area (Å²) < 4.78 is 13.2. The Kier molecular flexibility index (Phi) is 5.58. The summed E-state index contributed by atoms with van der Waals surface area (Å²) in [5.41, 5.74) is -0.0676. The van der Waals surface area contributed by atoms with Gasteiger partial charge in [0.25, 0.3) is 5.69 Å². The van der Waals surface area contributed by atoms with Crippen LogP contribution in [0.5, 0.6) is 0 Å². The fourth-order valence-corrected chi connectivity index (χ4v) is 1.41. The van der Waals surface area contributed by atoms with Gasteiger partial charge in [-0.05, 0) is 40.1 Å². The first kappa shape index (κ1) is 16.0. The number of nitro groups is 1. The van der Waals surface area contributed by atoms with Crippen molar-refractivity contribution in [1.82, 2.24) is 4.90 Å². The molecule has 0 saturated heterocycles. The minimum atomic E-state index is -0.512. The van der Waals surface area contributed by atoms with E-state index in [0.29, 0.717) is 11.4 Å². The standard InChI is InChI=1S/C10H6FNO2.C5H13N/c11-9-5-6-10(12(13)14)8-4-2-1-3-7(8)9;1-5(2)6(3)4/h1-6H;5H,1-4H3. The number of halogens is 1. The molecular formula is C15H19FN2O2. The second-order valence-corrected chi connectivity index (χ2v) is 4.93. The van der Waals surface area contributed by atoms with Gasteiger partial charge in [-0.25, -0.2) is 4.39 Å². The van der Waals surface area contributed by atoms with E-state index in [4.69, 9.17) is 0 Å². The topological polar surface area (TPSA) is 46.4 Å². The van der Waals surface area contributed by atoms with E-state index in [2.05, 4.69) is 32.8 Å². The third-order valence-electron chi connectivity index (χ3n) is 3.08. The van der Waals surface area contributed by atoms with Crippen molar-refractivity contribution in [3.63, 3.8) is 0 Å². The summed E-state index contributed by atoms with van der Waals surface area (Å²) in [5.74, 6) is -0.439. The summed E-state index contributed by atoms with van der Waals surface area (Å²) in [6, 6.07) is 9.33. The molecular weight excluding hydrogens is 259 g/mol. The number of hydrogen-bond acceptors (Lipinski definition) is 3. The van der Waals surface area contributed by atoms with Gasteiger partial charge in [0, 0.05) is 17.5 Å². The average molecular weight is 278 g/mol. The van der Waals surface area contributed by atoms with Gasteiger partial charge < -0.3 is 4.90 Å². The Morgan fingerprint density at radius 3 is 2.05 bits per heavy atom. The van der Waals surface area contributed by atoms with Crippen LogP contribution in [0.4, 0.5) is 10.1 Å². The highest BCUT2D eigenvalue weighted by Gasteiger charge is 2.12. The molecule has 0 aliphatic heterocycles. The van der Waals surface area contributed by atoms with Crippen molar-refractivity contribution in [3.8, 4) is 0 Å². The van der Waals surface area contributed by atoms with E-state index in [9.17, 15) is 14.5 Å². The normalized spacial score (nSPS) is 10.6. The number of non-ortho nitro benzene ring substituents is 1. The zero-order valence-corrected chi connectivity index (χ0v) is 12.1. The van der Waals surface area contributed by atoms with Gasteiger partial charge in [-0.3, -0.25) is 10.1 Å². The van der Waals surface area contributed by atoms with Gasteiger partial charge in [0.1, 0.15) is 5.82 Å². The Balaban J connectivity index is 0.000000286. The van der Waals surface area contributed by atoms with Crippen molar-refractivity contribution in [1.29, 1.82) is 0 Å². The highest BCUT2D eigenvalue weighted by molar-refractivity contribution is 5.91. The lowest BCUT2D eigenvalue weighted by Crippen LogP contribution is -2.20. The van der Waals surface area contributed by atoms with Crippen molar-refractivity contribution < 1.29 is 9.31 Å². The molecule has 0 N–H and O–H groups in total. The van der Waals surface area contributed by atoms with Crippen molar-refractivity contribution in [2.45, 2.75) is 19.9 Å². The van der Waals surface area contributed by atoms with E-state index >= 15 is 0 Å². The molecule has 2 rings (SSSR count). The Hall–Kier alpha value is -2.01. The smallest absolute Gasteiger partial charge is 0.277 e. The molecule has 0 aliphatic carbocycles. The lowest BCUT2D eigenvalue weighted by Gasteiger charge is -2.12. The van der Waals surface area contributed by atoms with Gasteiger partial charge in [-0.2, -0.15) is 0 Å². The Bertz CT molecular complexity index is 591. The van der Waals surface area contributed by atoms with Gasteiger partial charge in [0.2, 0.25) is 0 Å². The first-order valence-corrected chi connectivity index (χ1v) is 6.32. The first-order chi connectivity index (χ1) is 9.34. The third-order valence-corrected chi connectivity index (χ3v) is 3.08. The third kappa shape index (κ3) is 3.99. The molecule has 0 saturated carbocycles. The van der Waals surface area contributed by atoms with Gasteiger partial charge in [0.15, 0.2) is 0 Å². The van der Waals surface area contributed by atoms with Crippen LogP contribution in [0.25, 0.3) is 10.8 Å². The number of benzene rings is 2. The number of fused-ring (bicyclic) bond motifs is 1. The maximum atomic E-state index is 13.2. The number of rotatable bonds is 2. The highest BCUT2D eigenvalue weighted by atomic mass is 19.1. The summed E-state index contributed by atoms with van der Waals surface area (Å²) >= 11 is 0. The van der Waals surface area contributed by atoms with E-state index in [1.165, 1.54) is 18.2 Å². The second-order valence-electron chi connectivity index (χ2n) is 4.93. The fourth-order valence-electron chi connectivity index (χ4n) is 1.41. The summed E-state index contributed by atoms with van der Waals surface area (Å²) in [7, 11) is 4.15. The minimum Gasteiger partial charge on any atom is -0.307 e. The van der Waals surface area contributed by atoms with E-state index in [1.807, 2.05) is 0 Å². The number of hydrogen-bond donors (Lipinski definition) is 0. The maximum absolute atomic E-state index is 13.2. The summed E-state index contributed by atoms with van der Waals surface area (Å²) in [4.78, 5) is 12.3. The second kappa shape index (κ2) is 6.96. The molecule has 2 aromatic rings. The molecule has 4 nitrogen and oxygen atoms in total. The molecule has 20 heavy (non-hydrogen) atoms. The van der Waals surface area contributed by atoms with Crippen LogP contribution in [-0.4, -0.2) is 30.0 Å². The largest absolute Gasteiger partial charge is 0.307 e. The molecule has 0 spiro atoms. The monoisotopic (exact) mass is 278 g/mol. The van der Waals surface area contributed by atoms with E-state index in [0.717, 1.165) is 6.07 Å². The fraction of sp³-hybridized carbons (Fsp3) is 0.333. The van der Waals surface area contributed by atoms with Crippen molar-refractivity contribution in [2.24, 2.45) is 0 Å². The SMILES string of the molecule is CC(C)N(C)C.O=[N+]([O-])c1ccc(F)c2ccccc12. The Morgan fingerprint density at radius 1 is 1.10 bits per heavy atom. The molecule has 0 atom stereocenters. The molecule has 0 heterocycles. The van der Waals surface area contributed by atoms with E-state index < -0.39 is 10.7 Å². The molecule has 0 radical (unpaired) electrons. The van der Waals surface area contributed by atoms with Crippen molar-refractivity contribution >= 4 is 16.5 Å². The van der Waals surface area contributed by atoms with Gasteiger partial charge in [0.05, 0.1) is 10.3 Å². The van der Waals surface area contributed by atoms with Gasteiger partial charge in [-0.15, -0.1) is 0 Å². The van der Waals surface area contributed by atoms with E-state index in [-0.39, 0.29) is 11.1 Å². The number of nitro benzene ring substituents is 1. The van der Waals surface area contributed by atoms with Crippen LogP contribution in [0.2, 0.25) is 0 Å². The molecule has 0 amide bonds. The molecule has 0 aromatic heterocycles. The quantitative estimate of drug-likeness (QED) is 0.619. The van der Waals surface area contributed by atoms with E-state index in [1.54, 1.807) is 12.1 Å². The van der Waals surface area contributed by atoms with Crippen molar-refractivity contribution in [3.05, 3.63) is 52.3 Å². The summed E-state index contributed by atoms with van der Waals surface area (Å²) in [6.45, 7) is 4.33. The van der Waals surface area contributed by atoms with Crippen LogP contribution in [0.3, 0.4) is 0 Å². The van der Waals surface area contributed by atoms with Gasteiger partial charge in [-0.1, -0.05) is 18.2 Å². The van der Waals surface area contributed by atoms with Crippen LogP contribution in [0.1, 0.15) is 13.8 Å². The summed E-state index contributed by atoms with van der Waals surface area (Å²) in [6.07, 6.45) is 0. The first-order valence-electron chi connectivity index (χ1n) is 6.32. The zero-order valence-electron chi connectivity index (χ0n) is 12.1. The maximum Gasteiger partial charge on any atom is 0.277 e. The molecule has 2 aromatic carbocycles. The molecule has 5 heteroatoms. The van der Waals surface area contributed by atoms with Crippen LogP contribution < -0.4 is 0 Å². The van der Waals surface area contributed by atoms with Crippen LogP contribution in [-0.2, 0) is 0 Å². The summed E-state index contributed by atoms with van der Waals surface area (Å²) in [5, 5.41) is 11.2. The van der Waals surface area contributed by atoms with Crippen LogP contribution in [0, 0.1) is 15.9 Å². The molecule has 0 aliphatic rings. The van der Waals surface area contributed by atoms with Gasteiger partial charge >= 0.3 is 0 Å². The number of nitrogens with zero attached hydrogens (tertiary/aromatic N) is 2. The van der Waals surface area contributed by atoms with Crippen molar-refractivity contribution in [2.75, 3.05) is 14.1 Å². The van der Waals surface area contributed by atoms with Crippen LogP contribution in [0.15, 0.2) is 36.4 Å². The lowest BCUT2D eigenvalue weighted by atomic mass is 10.1. The predicted octanol–water partition coefficient (Wildman–Crippen LogP) is 3.84. The Labute approximate surface area is 118 Å².